The number of carbonyl (C=O) groups excluding carboxylic acids is 1. The summed E-state index contributed by atoms with van der Waals surface area (Å²) in [5.41, 5.74) is 7.74. The van der Waals surface area contributed by atoms with Crippen molar-refractivity contribution in [3.8, 4) is 11.4 Å². The molecule has 1 unspecified atom stereocenters. The van der Waals surface area contributed by atoms with E-state index in [-0.39, 0.29) is 6.03 Å². The summed E-state index contributed by atoms with van der Waals surface area (Å²) in [6.07, 6.45) is 1.92. The first-order chi connectivity index (χ1) is 17.5. The summed E-state index contributed by atoms with van der Waals surface area (Å²) >= 11 is 0. The van der Waals surface area contributed by atoms with Gasteiger partial charge in [-0.2, -0.15) is 4.98 Å². The molecule has 0 bridgehead atoms. The van der Waals surface area contributed by atoms with E-state index in [1.54, 1.807) is 4.90 Å². The normalized spacial score (nSPS) is 15.8. The van der Waals surface area contributed by atoms with E-state index in [1.165, 1.54) is 11.1 Å². The number of aryl methyl sites for hydroxylation is 3. The first-order valence-electron chi connectivity index (χ1n) is 12.4. The maximum atomic E-state index is 13.4. The average Bonchev–Trinajstić information content (AvgIpc) is 3.38. The van der Waals surface area contributed by atoms with Crippen molar-refractivity contribution in [2.45, 2.75) is 46.6 Å². The molecule has 0 radical (unpaired) electrons. The van der Waals surface area contributed by atoms with Gasteiger partial charge >= 0.3 is 6.03 Å². The van der Waals surface area contributed by atoms with Crippen LogP contribution in [0.3, 0.4) is 0 Å². The van der Waals surface area contributed by atoms with Crippen LogP contribution in [-0.4, -0.2) is 16.2 Å². The molecule has 1 atom stereocenters. The molecule has 1 aromatic heterocycles. The summed E-state index contributed by atoms with van der Waals surface area (Å²) in [7, 11) is 0. The largest absolute Gasteiger partial charge is 0.334 e. The van der Waals surface area contributed by atoms with Gasteiger partial charge < -0.3 is 9.84 Å². The number of nitrogens with zero attached hydrogens (tertiary/aromatic N) is 3. The third-order valence-corrected chi connectivity index (χ3v) is 6.74. The summed E-state index contributed by atoms with van der Waals surface area (Å²) in [6.45, 7) is 8.20. The molecule has 0 saturated carbocycles. The third kappa shape index (κ3) is 4.42. The van der Waals surface area contributed by atoms with Gasteiger partial charge in [-0.25, -0.2) is 4.79 Å². The molecule has 0 fully saturated rings. The standard InChI is InChI=1S/C30H30N4O2/c1-5-21-10-14-23(15-11-21)27-26(20(4)34(30(35)31-27)25-9-7-8-19(3)18-25)29-32-28(33-36-29)24-16-12-22(6-2)13-17-24/h7-18,27H,5-6H2,1-4H3,(H,31,35). The Labute approximate surface area is 211 Å². The lowest BCUT2D eigenvalue weighted by molar-refractivity contribution is 0.244. The van der Waals surface area contributed by atoms with Crippen LogP contribution in [0.4, 0.5) is 10.5 Å². The van der Waals surface area contributed by atoms with E-state index in [1.807, 2.05) is 50.2 Å². The highest BCUT2D eigenvalue weighted by molar-refractivity contribution is 6.01. The van der Waals surface area contributed by atoms with Gasteiger partial charge in [-0.15, -0.1) is 0 Å². The van der Waals surface area contributed by atoms with Crippen LogP contribution in [0.5, 0.6) is 0 Å². The summed E-state index contributed by atoms with van der Waals surface area (Å²) < 4.78 is 5.83. The number of carbonyl (C=O) groups is 1. The van der Waals surface area contributed by atoms with Gasteiger partial charge in [-0.1, -0.05) is 79.7 Å². The highest BCUT2D eigenvalue weighted by Crippen LogP contribution is 2.39. The number of urea groups is 1. The van der Waals surface area contributed by atoms with E-state index in [0.717, 1.165) is 46.5 Å². The number of hydrogen-bond acceptors (Lipinski definition) is 4. The fourth-order valence-electron chi connectivity index (χ4n) is 4.63. The van der Waals surface area contributed by atoms with Crippen molar-refractivity contribution >= 4 is 17.3 Å². The molecular formula is C30H30N4O2. The Hall–Kier alpha value is -4.19. The van der Waals surface area contributed by atoms with Crippen LogP contribution in [0.2, 0.25) is 0 Å². The predicted molar refractivity (Wildman–Crippen MR) is 142 cm³/mol. The van der Waals surface area contributed by atoms with E-state index in [4.69, 9.17) is 9.51 Å². The molecule has 1 aliphatic rings. The fraction of sp³-hybridized carbons (Fsp3) is 0.233. The number of aromatic nitrogens is 2. The lowest BCUT2D eigenvalue weighted by Crippen LogP contribution is -2.46. The average molecular weight is 479 g/mol. The van der Waals surface area contributed by atoms with Crippen LogP contribution < -0.4 is 10.2 Å². The number of hydrogen-bond donors (Lipinski definition) is 1. The van der Waals surface area contributed by atoms with E-state index in [9.17, 15) is 4.79 Å². The van der Waals surface area contributed by atoms with Gasteiger partial charge in [0, 0.05) is 11.3 Å². The molecule has 1 N–H and O–H groups in total. The van der Waals surface area contributed by atoms with Crippen LogP contribution >= 0.6 is 0 Å². The zero-order valence-electron chi connectivity index (χ0n) is 21.1. The number of amides is 2. The van der Waals surface area contributed by atoms with Gasteiger partial charge in [0.2, 0.25) is 5.82 Å². The van der Waals surface area contributed by atoms with Crippen molar-refractivity contribution in [2.24, 2.45) is 0 Å². The highest BCUT2D eigenvalue weighted by Gasteiger charge is 2.36. The van der Waals surface area contributed by atoms with Crippen molar-refractivity contribution in [3.63, 3.8) is 0 Å². The Bertz CT molecular complexity index is 1420. The predicted octanol–water partition coefficient (Wildman–Crippen LogP) is 6.87. The topological polar surface area (TPSA) is 71.3 Å². The van der Waals surface area contributed by atoms with Gasteiger partial charge in [0.05, 0.1) is 17.3 Å². The van der Waals surface area contributed by atoms with Gasteiger partial charge in [-0.3, -0.25) is 4.90 Å². The molecule has 1 aliphatic heterocycles. The lowest BCUT2D eigenvalue weighted by Gasteiger charge is -2.35. The van der Waals surface area contributed by atoms with Crippen LogP contribution in [0.15, 0.2) is 83.0 Å². The van der Waals surface area contributed by atoms with Gasteiger partial charge in [0.25, 0.3) is 5.89 Å². The van der Waals surface area contributed by atoms with Crippen LogP contribution in [0.25, 0.3) is 17.0 Å². The minimum absolute atomic E-state index is 0.193. The van der Waals surface area contributed by atoms with Crippen molar-refractivity contribution in [1.29, 1.82) is 0 Å². The molecule has 3 aromatic carbocycles. The molecule has 0 spiro atoms. The van der Waals surface area contributed by atoms with Gasteiger partial charge in [0.1, 0.15) is 0 Å². The summed E-state index contributed by atoms with van der Waals surface area (Å²) in [6, 6.07) is 23.7. The van der Waals surface area contributed by atoms with Crippen LogP contribution in [0.1, 0.15) is 55.0 Å². The van der Waals surface area contributed by atoms with E-state index < -0.39 is 6.04 Å². The molecule has 0 saturated heterocycles. The molecule has 6 nitrogen and oxygen atoms in total. The monoisotopic (exact) mass is 478 g/mol. The molecule has 6 heteroatoms. The van der Waals surface area contributed by atoms with Crippen LogP contribution in [-0.2, 0) is 12.8 Å². The van der Waals surface area contributed by atoms with E-state index in [0.29, 0.717) is 11.7 Å². The molecular weight excluding hydrogens is 448 g/mol. The Balaban J connectivity index is 1.62. The lowest BCUT2D eigenvalue weighted by atomic mass is 9.93. The Morgan fingerprint density at radius 3 is 2.22 bits per heavy atom. The summed E-state index contributed by atoms with van der Waals surface area (Å²) in [5, 5.41) is 7.47. The van der Waals surface area contributed by atoms with E-state index in [2.05, 4.69) is 60.7 Å². The second-order valence-corrected chi connectivity index (χ2v) is 9.12. The number of rotatable bonds is 6. The maximum Gasteiger partial charge on any atom is 0.326 e. The Morgan fingerprint density at radius 2 is 1.58 bits per heavy atom. The van der Waals surface area contributed by atoms with E-state index >= 15 is 0 Å². The first-order valence-corrected chi connectivity index (χ1v) is 12.4. The third-order valence-electron chi connectivity index (χ3n) is 6.74. The number of allylic oxidation sites excluding steroid dienone is 1. The Morgan fingerprint density at radius 1 is 0.917 bits per heavy atom. The number of anilines is 1. The van der Waals surface area contributed by atoms with Gasteiger partial charge in [0.15, 0.2) is 0 Å². The highest BCUT2D eigenvalue weighted by atomic mass is 16.5. The molecule has 2 amide bonds. The number of benzene rings is 3. The summed E-state index contributed by atoms with van der Waals surface area (Å²) in [5.74, 6) is 0.913. The smallest absolute Gasteiger partial charge is 0.326 e. The fourth-order valence-corrected chi connectivity index (χ4v) is 4.63. The number of nitrogens with one attached hydrogen (secondary N) is 1. The molecule has 36 heavy (non-hydrogen) atoms. The molecule has 2 heterocycles. The van der Waals surface area contributed by atoms with Crippen molar-refractivity contribution < 1.29 is 9.32 Å². The molecule has 4 aromatic rings. The van der Waals surface area contributed by atoms with Gasteiger partial charge in [-0.05, 0) is 61.1 Å². The van der Waals surface area contributed by atoms with Crippen molar-refractivity contribution in [1.82, 2.24) is 15.5 Å². The van der Waals surface area contributed by atoms with Crippen molar-refractivity contribution in [3.05, 3.63) is 107 Å². The summed E-state index contributed by atoms with van der Waals surface area (Å²) in [4.78, 5) is 19.9. The van der Waals surface area contributed by atoms with Crippen molar-refractivity contribution in [2.75, 3.05) is 4.90 Å². The second kappa shape index (κ2) is 9.82. The van der Waals surface area contributed by atoms with Crippen LogP contribution in [0, 0.1) is 6.92 Å². The maximum absolute atomic E-state index is 13.4. The SMILES string of the molecule is CCc1ccc(-c2noc(C3=C(C)N(c4cccc(C)c4)C(=O)NC3c3ccc(CC)cc3)n2)cc1. The molecule has 5 rings (SSSR count). The molecule has 182 valence electrons. The minimum atomic E-state index is -0.416. The second-order valence-electron chi connectivity index (χ2n) is 9.12. The Kier molecular flexibility index (Phi) is 6.42. The zero-order valence-corrected chi connectivity index (χ0v) is 21.1. The molecule has 0 aliphatic carbocycles. The first kappa shape index (κ1) is 23.5. The minimum Gasteiger partial charge on any atom is -0.334 e. The quantitative estimate of drug-likeness (QED) is 0.328. The zero-order chi connectivity index (χ0) is 25.2.